The Balaban J connectivity index is 1.76. The molecule has 124 valence electrons. The second-order valence-corrected chi connectivity index (χ2v) is 5.50. The maximum Gasteiger partial charge on any atom is 0.225 e. The summed E-state index contributed by atoms with van der Waals surface area (Å²) in [6.07, 6.45) is 0. The van der Waals surface area contributed by atoms with Crippen LogP contribution in [0.2, 0.25) is 0 Å². The number of benzene rings is 2. The molecule has 0 spiro atoms. The van der Waals surface area contributed by atoms with Crippen molar-refractivity contribution in [3.63, 3.8) is 0 Å². The molecule has 0 saturated carbocycles. The lowest BCUT2D eigenvalue weighted by Crippen LogP contribution is -2.25. The summed E-state index contributed by atoms with van der Waals surface area (Å²) >= 11 is 0. The van der Waals surface area contributed by atoms with E-state index in [1.54, 1.807) is 0 Å². The molecule has 0 aliphatic rings. The summed E-state index contributed by atoms with van der Waals surface area (Å²) in [5.74, 6) is 2.45. The van der Waals surface area contributed by atoms with Gasteiger partial charge in [-0.2, -0.15) is 4.98 Å². The molecule has 0 bridgehead atoms. The monoisotopic (exact) mass is 322 g/mol. The van der Waals surface area contributed by atoms with Gasteiger partial charge in [0.05, 0.1) is 12.1 Å². The van der Waals surface area contributed by atoms with Crippen molar-refractivity contribution in [3.05, 3.63) is 54.6 Å². The van der Waals surface area contributed by atoms with Gasteiger partial charge in [0.15, 0.2) is 0 Å². The highest BCUT2D eigenvalue weighted by Crippen LogP contribution is 2.24. The van der Waals surface area contributed by atoms with Crippen molar-refractivity contribution >= 4 is 22.7 Å². The maximum absolute atomic E-state index is 5.79. The van der Waals surface area contributed by atoms with Gasteiger partial charge in [-0.1, -0.05) is 30.3 Å². The largest absolute Gasteiger partial charge is 0.492 e. The van der Waals surface area contributed by atoms with E-state index in [0.717, 1.165) is 35.6 Å². The van der Waals surface area contributed by atoms with Gasteiger partial charge in [0, 0.05) is 19.0 Å². The molecule has 0 unspecified atom stereocenters. The summed E-state index contributed by atoms with van der Waals surface area (Å²) in [4.78, 5) is 11.3. The lowest BCUT2D eigenvalue weighted by molar-refractivity contribution is 0.326. The van der Waals surface area contributed by atoms with Crippen LogP contribution in [0.25, 0.3) is 10.9 Å². The van der Waals surface area contributed by atoms with E-state index in [-0.39, 0.29) is 0 Å². The summed E-state index contributed by atoms with van der Waals surface area (Å²) in [5, 5.41) is 4.24. The van der Waals surface area contributed by atoms with Crippen molar-refractivity contribution in [2.75, 3.05) is 37.0 Å². The number of nitrogens with zero attached hydrogens (tertiary/aromatic N) is 3. The predicted molar refractivity (Wildman–Crippen MR) is 98.9 cm³/mol. The highest BCUT2D eigenvalue weighted by molar-refractivity contribution is 5.90. The Bertz CT molecular complexity index is 792. The number of ether oxygens (including phenoxy) is 1. The van der Waals surface area contributed by atoms with Crippen LogP contribution in [0.5, 0.6) is 5.75 Å². The molecule has 1 N–H and O–H groups in total. The maximum atomic E-state index is 5.79. The number of nitrogens with one attached hydrogen (secondary N) is 1. The van der Waals surface area contributed by atoms with Crippen LogP contribution >= 0.6 is 0 Å². The average Bonchev–Trinajstić information content (AvgIpc) is 2.62. The molecule has 3 aromatic rings. The predicted octanol–water partition coefficient (Wildman–Crippen LogP) is 3.58. The number of para-hydroxylation sites is 2. The van der Waals surface area contributed by atoms with Gasteiger partial charge in [-0.05, 0) is 31.2 Å². The smallest absolute Gasteiger partial charge is 0.225 e. The number of rotatable bonds is 7. The molecular formula is C19H22N4O. The molecule has 0 atom stereocenters. The van der Waals surface area contributed by atoms with E-state index in [9.17, 15) is 0 Å². The Labute approximate surface area is 142 Å². The fourth-order valence-electron chi connectivity index (χ4n) is 2.51. The van der Waals surface area contributed by atoms with Crippen LogP contribution in [0.3, 0.4) is 0 Å². The van der Waals surface area contributed by atoms with Crippen LogP contribution in [0.4, 0.5) is 11.8 Å². The van der Waals surface area contributed by atoms with Gasteiger partial charge in [-0.25, -0.2) is 4.98 Å². The van der Waals surface area contributed by atoms with Gasteiger partial charge < -0.3 is 15.0 Å². The summed E-state index contributed by atoms with van der Waals surface area (Å²) in [6, 6.07) is 17.9. The van der Waals surface area contributed by atoms with E-state index >= 15 is 0 Å². The van der Waals surface area contributed by atoms with E-state index in [2.05, 4.69) is 26.3 Å². The van der Waals surface area contributed by atoms with Crippen LogP contribution in [0.1, 0.15) is 6.92 Å². The van der Waals surface area contributed by atoms with E-state index in [1.165, 1.54) is 0 Å². The van der Waals surface area contributed by atoms with Gasteiger partial charge in [-0.3, -0.25) is 0 Å². The first-order valence-corrected chi connectivity index (χ1v) is 8.17. The molecule has 0 radical (unpaired) electrons. The highest BCUT2D eigenvalue weighted by atomic mass is 16.5. The molecule has 0 aliphatic carbocycles. The molecule has 0 aliphatic heterocycles. The molecule has 0 amide bonds. The van der Waals surface area contributed by atoms with Gasteiger partial charge in [-0.15, -0.1) is 0 Å². The molecular weight excluding hydrogens is 300 g/mol. The second kappa shape index (κ2) is 7.64. The molecule has 5 nitrogen and oxygen atoms in total. The van der Waals surface area contributed by atoms with Crippen molar-refractivity contribution in [1.82, 2.24) is 9.97 Å². The molecule has 1 aromatic heterocycles. The van der Waals surface area contributed by atoms with Crippen LogP contribution in [-0.4, -0.2) is 36.7 Å². The molecule has 1 heterocycles. The Hall–Kier alpha value is -2.82. The standard InChI is InChI=1S/C19H22N4O/c1-3-20-19-21-17-12-8-7-11-16(17)18(22-19)23(2)13-14-24-15-9-5-4-6-10-15/h4-12H,3,13-14H2,1-2H3,(H,20,21,22). The molecule has 2 aromatic carbocycles. The minimum Gasteiger partial charge on any atom is -0.492 e. The Morgan fingerprint density at radius 1 is 1.00 bits per heavy atom. The summed E-state index contributed by atoms with van der Waals surface area (Å²) in [6.45, 7) is 4.16. The SMILES string of the molecule is CCNc1nc(N(C)CCOc2ccccc2)c2ccccc2n1. The molecule has 0 fully saturated rings. The summed E-state index contributed by atoms with van der Waals surface area (Å²) in [7, 11) is 2.03. The minimum atomic E-state index is 0.593. The minimum absolute atomic E-state index is 0.593. The zero-order chi connectivity index (χ0) is 16.8. The average molecular weight is 322 g/mol. The normalized spacial score (nSPS) is 10.6. The van der Waals surface area contributed by atoms with Gasteiger partial charge >= 0.3 is 0 Å². The van der Waals surface area contributed by atoms with Crippen molar-refractivity contribution in [2.45, 2.75) is 6.92 Å². The lowest BCUT2D eigenvalue weighted by atomic mass is 10.2. The Morgan fingerprint density at radius 3 is 2.54 bits per heavy atom. The Kier molecular flexibility index (Phi) is 5.11. The van der Waals surface area contributed by atoms with Gasteiger partial charge in [0.2, 0.25) is 5.95 Å². The highest BCUT2D eigenvalue weighted by Gasteiger charge is 2.11. The zero-order valence-electron chi connectivity index (χ0n) is 14.1. The molecule has 0 saturated heterocycles. The van der Waals surface area contributed by atoms with Crippen molar-refractivity contribution in [3.8, 4) is 5.75 Å². The molecule has 5 heteroatoms. The molecule has 3 rings (SSSR count). The van der Waals surface area contributed by atoms with E-state index in [4.69, 9.17) is 4.74 Å². The van der Waals surface area contributed by atoms with Crippen molar-refractivity contribution < 1.29 is 4.74 Å². The first-order chi connectivity index (χ1) is 11.8. The topological polar surface area (TPSA) is 50.3 Å². The van der Waals surface area contributed by atoms with Crippen molar-refractivity contribution in [2.24, 2.45) is 0 Å². The first kappa shape index (κ1) is 16.1. The number of anilines is 2. The van der Waals surface area contributed by atoms with Gasteiger partial charge in [0.1, 0.15) is 18.2 Å². The van der Waals surface area contributed by atoms with Crippen LogP contribution < -0.4 is 15.0 Å². The number of hydrogen-bond donors (Lipinski definition) is 1. The zero-order valence-corrected chi connectivity index (χ0v) is 14.1. The van der Waals surface area contributed by atoms with Crippen molar-refractivity contribution in [1.29, 1.82) is 0 Å². The first-order valence-electron chi connectivity index (χ1n) is 8.17. The van der Waals surface area contributed by atoms with E-state index < -0.39 is 0 Å². The number of fused-ring (bicyclic) bond motifs is 1. The number of hydrogen-bond acceptors (Lipinski definition) is 5. The fraction of sp³-hybridized carbons (Fsp3) is 0.263. The van der Waals surface area contributed by atoms with Crippen LogP contribution in [0, 0.1) is 0 Å². The molecule has 24 heavy (non-hydrogen) atoms. The van der Waals surface area contributed by atoms with E-state index in [0.29, 0.717) is 12.6 Å². The second-order valence-electron chi connectivity index (χ2n) is 5.50. The Morgan fingerprint density at radius 2 is 1.75 bits per heavy atom. The third-order valence-corrected chi connectivity index (χ3v) is 3.72. The summed E-state index contributed by atoms with van der Waals surface area (Å²) in [5.41, 5.74) is 0.939. The van der Waals surface area contributed by atoms with Gasteiger partial charge in [0.25, 0.3) is 0 Å². The number of aromatic nitrogens is 2. The van der Waals surface area contributed by atoms with Crippen LogP contribution in [-0.2, 0) is 0 Å². The summed E-state index contributed by atoms with van der Waals surface area (Å²) < 4.78 is 5.79. The van der Waals surface area contributed by atoms with E-state index in [1.807, 2.05) is 62.5 Å². The number of likely N-dealkylation sites (N-methyl/N-ethyl adjacent to an activating group) is 1. The lowest BCUT2D eigenvalue weighted by Gasteiger charge is -2.21. The van der Waals surface area contributed by atoms with Crippen LogP contribution in [0.15, 0.2) is 54.6 Å². The third kappa shape index (κ3) is 3.74. The quantitative estimate of drug-likeness (QED) is 0.720. The third-order valence-electron chi connectivity index (χ3n) is 3.72. The fourth-order valence-corrected chi connectivity index (χ4v) is 2.51.